The molecule has 0 aliphatic heterocycles. The van der Waals surface area contributed by atoms with Crippen LogP contribution >= 0.6 is 0 Å². The van der Waals surface area contributed by atoms with Crippen molar-refractivity contribution in [2.24, 2.45) is 0 Å². The first-order valence-electron chi connectivity index (χ1n) is 6.27. The lowest BCUT2D eigenvalue weighted by atomic mass is 10.1. The van der Waals surface area contributed by atoms with Crippen molar-refractivity contribution in [2.75, 3.05) is 4.72 Å². The van der Waals surface area contributed by atoms with Gasteiger partial charge in [-0.25, -0.2) is 17.2 Å². The van der Waals surface area contributed by atoms with Gasteiger partial charge in [0, 0.05) is 0 Å². The molecule has 0 fully saturated rings. The van der Waals surface area contributed by atoms with E-state index >= 15 is 0 Å². The molecule has 6 heteroatoms. The van der Waals surface area contributed by atoms with Gasteiger partial charge in [0.25, 0.3) is 10.0 Å². The summed E-state index contributed by atoms with van der Waals surface area (Å²) in [7, 11) is -4.07. The van der Waals surface area contributed by atoms with Crippen LogP contribution in [0.2, 0.25) is 0 Å². The zero-order chi connectivity index (χ0) is 15.8. The van der Waals surface area contributed by atoms with Gasteiger partial charge < -0.3 is 0 Å². The van der Waals surface area contributed by atoms with Crippen LogP contribution in [0.25, 0.3) is 0 Å². The van der Waals surface area contributed by atoms with Gasteiger partial charge in [0.15, 0.2) is 0 Å². The quantitative estimate of drug-likeness (QED) is 0.939. The molecular formula is C15H15F2NO2S. The largest absolute Gasteiger partial charge is 0.274 e. The molecule has 1 N–H and O–H groups in total. The summed E-state index contributed by atoms with van der Waals surface area (Å²) in [5.41, 5.74) is 1.30. The molecule has 2 aromatic carbocycles. The maximum Gasteiger partial charge on any atom is 0.262 e. The number of hydrogen-bond donors (Lipinski definition) is 1. The van der Waals surface area contributed by atoms with Crippen molar-refractivity contribution < 1.29 is 17.2 Å². The summed E-state index contributed by atoms with van der Waals surface area (Å²) in [5, 5.41) is 0. The highest BCUT2D eigenvalue weighted by molar-refractivity contribution is 7.92. The van der Waals surface area contributed by atoms with E-state index in [9.17, 15) is 17.2 Å². The minimum absolute atomic E-state index is 0.0377. The van der Waals surface area contributed by atoms with E-state index in [0.717, 1.165) is 17.7 Å². The van der Waals surface area contributed by atoms with Crippen molar-refractivity contribution in [1.82, 2.24) is 0 Å². The van der Waals surface area contributed by atoms with E-state index in [4.69, 9.17) is 0 Å². The zero-order valence-corrected chi connectivity index (χ0v) is 12.7. The second-order valence-electron chi connectivity index (χ2n) is 4.93. The van der Waals surface area contributed by atoms with Crippen LogP contribution in [0.15, 0.2) is 35.2 Å². The number of aryl methyl sites for hydroxylation is 3. The average molecular weight is 311 g/mol. The fourth-order valence-electron chi connectivity index (χ4n) is 2.37. The molecule has 0 heterocycles. The number of rotatable bonds is 3. The van der Waals surface area contributed by atoms with E-state index in [-0.39, 0.29) is 4.90 Å². The van der Waals surface area contributed by atoms with Crippen molar-refractivity contribution in [3.05, 3.63) is 58.7 Å². The van der Waals surface area contributed by atoms with Gasteiger partial charge in [-0.1, -0.05) is 23.8 Å². The Bertz CT molecular complexity index is 758. The molecule has 0 bridgehead atoms. The van der Waals surface area contributed by atoms with Crippen molar-refractivity contribution in [3.8, 4) is 0 Å². The lowest BCUT2D eigenvalue weighted by Gasteiger charge is -2.14. The molecule has 0 atom stereocenters. The van der Waals surface area contributed by atoms with Gasteiger partial charge in [-0.15, -0.1) is 0 Å². The normalized spacial score (nSPS) is 11.5. The summed E-state index contributed by atoms with van der Waals surface area (Å²) in [5.74, 6) is -1.91. The fourth-order valence-corrected chi connectivity index (χ4v) is 3.90. The monoisotopic (exact) mass is 311 g/mol. The van der Waals surface area contributed by atoms with E-state index in [1.54, 1.807) is 26.0 Å². The van der Waals surface area contributed by atoms with E-state index in [0.29, 0.717) is 11.1 Å². The molecule has 0 amide bonds. The van der Waals surface area contributed by atoms with Gasteiger partial charge in [0.2, 0.25) is 0 Å². The maximum atomic E-state index is 13.6. The summed E-state index contributed by atoms with van der Waals surface area (Å²) >= 11 is 0. The van der Waals surface area contributed by atoms with Gasteiger partial charge in [0.05, 0.1) is 4.90 Å². The van der Waals surface area contributed by atoms with Crippen LogP contribution in [0, 0.1) is 32.4 Å². The van der Waals surface area contributed by atoms with Crippen LogP contribution in [0.1, 0.15) is 16.7 Å². The smallest absolute Gasteiger partial charge is 0.262 e. The third-order valence-electron chi connectivity index (χ3n) is 3.07. The number of anilines is 1. The summed E-state index contributed by atoms with van der Waals surface area (Å²) in [4.78, 5) is 0.0377. The number of para-hydroxylation sites is 1. The second kappa shape index (κ2) is 5.44. The van der Waals surface area contributed by atoms with Crippen LogP contribution in [0.4, 0.5) is 14.5 Å². The van der Waals surface area contributed by atoms with Gasteiger partial charge in [0.1, 0.15) is 17.3 Å². The fraction of sp³-hybridized carbons (Fsp3) is 0.200. The Kier molecular flexibility index (Phi) is 4.00. The summed E-state index contributed by atoms with van der Waals surface area (Å²) in [6.45, 7) is 5.14. The summed E-state index contributed by atoms with van der Waals surface area (Å²) in [6.07, 6.45) is 0. The van der Waals surface area contributed by atoms with E-state index in [1.165, 1.54) is 6.07 Å². The highest BCUT2D eigenvalue weighted by atomic mass is 32.2. The highest BCUT2D eigenvalue weighted by Gasteiger charge is 2.23. The Morgan fingerprint density at radius 3 is 1.90 bits per heavy atom. The van der Waals surface area contributed by atoms with Crippen molar-refractivity contribution in [1.29, 1.82) is 0 Å². The van der Waals surface area contributed by atoms with Gasteiger partial charge in [-0.05, 0) is 44.0 Å². The number of halogens is 2. The molecular weight excluding hydrogens is 296 g/mol. The topological polar surface area (TPSA) is 46.2 Å². The zero-order valence-electron chi connectivity index (χ0n) is 11.9. The number of hydrogen-bond acceptors (Lipinski definition) is 2. The van der Waals surface area contributed by atoms with Crippen LogP contribution < -0.4 is 4.72 Å². The van der Waals surface area contributed by atoms with E-state index in [2.05, 4.69) is 0 Å². The van der Waals surface area contributed by atoms with Crippen LogP contribution in [0.5, 0.6) is 0 Å². The minimum atomic E-state index is -4.07. The first-order chi connectivity index (χ1) is 9.72. The van der Waals surface area contributed by atoms with Crippen molar-refractivity contribution in [3.63, 3.8) is 0 Å². The Hall–Kier alpha value is -1.95. The second-order valence-corrected chi connectivity index (χ2v) is 6.55. The third kappa shape index (κ3) is 3.05. The first kappa shape index (κ1) is 15.4. The van der Waals surface area contributed by atoms with E-state index < -0.39 is 27.3 Å². The third-order valence-corrected chi connectivity index (χ3v) is 4.73. The number of benzene rings is 2. The minimum Gasteiger partial charge on any atom is -0.274 e. The Balaban J connectivity index is 2.54. The number of nitrogens with one attached hydrogen (secondary N) is 1. The Morgan fingerprint density at radius 2 is 1.43 bits per heavy atom. The van der Waals surface area contributed by atoms with E-state index in [1.807, 2.05) is 11.6 Å². The molecule has 0 aliphatic carbocycles. The van der Waals surface area contributed by atoms with Crippen molar-refractivity contribution >= 4 is 15.7 Å². The van der Waals surface area contributed by atoms with Crippen LogP contribution in [-0.2, 0) is 10.0 Å². The molecule has 21 heavy (non-hydrogen) atoms. The summed E-state index contributed by atoms with van der Waals surface area (Å²) in [6, 6.07) is 6.58. The molecule has 0 aromatic heterocycles. The maximum absolute atomic E-state index is 13.6. The molecule has 3 nitrogen and oxygen atoms in total. The lowest BCUT2D eigenvalue weighted by Crippen LogP contribution is -2.17. The van der Waals surface area contributed by atoms with Crippen LogP contribution in [0.3, 0.4) is 0 Å². The molecule has 0 saturated heterocycles. The standard InChI is InChI=1S/C15H15F2NO2S/c1-9-7-10(2)15(11(3)8-9)21(19,20)18-14-12(16)5-4-6-13(14)17/h4-8,18H,1-3H3. The highest BCUT2D eigenvalue weighted by Crippen LogP contribution is 2.26. The van der Waals surface area contributed by atoms with Crippen molar-refractivity contribution in [2.45, 2.75) is 25.7 Å². The van der Waals surface area contributed by atoms with Gasteiger partial charge >= 0.3 is 0 Å². The predicted octanol–water partition coefficient (Wildman–Crippen LogP) is 3.69. The number of sulfonamides is 1. The SMILES string of the molecule is Cc1cc(C)c(S(=O)(=O)Nc2c(F)cccc2F)c(C)c1. The summed E-state index contributed by atoms with van der Waals surface area (Å²) < 4.78 is 54.0. The Morgan fingerprint density at radius 1 is 0.952 bits per heavy atom. The first-order valence-corrected chi connectivity index (χ1v) is 7.75. The molecule has 0 spiro atoms. The molecule has 0 radical (unpaired) electrons. The Labute approximate surface area is 122 Å². The molecule has 0 aliphatic rings. The van der Waals surface area contributed by atoms with Gasteiger partial charge in [-0.2, -0.15) is 0 Å². The molecule has 2 rings (SSSR count). The lowest BCUT2D eigenvalue weighted by molar-refractivity contribution is 0.582. The van der Waals surface area contributed by atoms with Gasteiger partial charge in [-0.3, -0.25) is 4.72 Å². The molecule has 112 valence electrons. The predicted molar refractivity (Wildman–Crippen MR) is 77.8 cm³/mol. The molecule has 0 unspecified atom stereocenters. The average Bonchev–Trinajstić information content (AvgIpc) is 2.32. The molecule has 2 aromatic rings. The molecule has 0 saturated carbocycles. The van der Waals surface area contributed by atoms with Crippen LogP contribution in [-0.4, -0.2) is 8.42 Å².